The summed E-state index contributed by atoms with van der Waals surface area (Å²) in [5.74, 6) is 0.276. The van der Waals surface area contributed by atoms with Gasteiger partial charge in [-0.15, -0.1) is 6.58 Å². The second-order valence-corrected chi connectivity index (χ2v) is 4.96. The van der Waals surface area contributed by atoms with Gasteiger partial charge in [-0.05, 0) is 26.3 Å². The summed E-state index contributed by atoms with van der Waals surface area (Å²) in [4.78, 5) is 10.5. The van der Waals surface area contributed by atoms with E-state index in [9.17, 15) is 10.1 Å². The predicted octanol–water partition coefficient (Wildman–Crippen LogP) is 4.69. The van der Waals surface area contributed by atoms with Gasteiger partial charge in [-0.3, -0.25) is 10.1 Å². The lowest BCUT2D eigenvalue weighted by Crippen LogP contribution is -2.02. The Hall–Kier alpha value is -1.66. The van der Waals surface area contributed by atoms with Gasteiger partial charge in [0.15, 0.2) is 0 Å². The van der Waals surface area contributed by atoms with E-state index in [0.717, 1.165) is 18.8 Å². The second-order valence-electron chi connectivity index (χ2n) is 4.04. The molecule has 22 heavy (non-hydrogen) atoms. The number of nitro groups is 1. The van der Waals surface area contributed by atoms with Gasteiger partial charge in [0.05, 0.1) is 4.92 Å². The lowest BCUT2D eigenvalue weighted by Gasteiger charge is -2.10. The van der Waals surface area contributed by atoms with Crippen molar-refractivity contribution in [1.82, 2.24) is 0 Å². The summed E-state index contributed by atoms with van der Waals surface area (Å²) in [7, 11) is 0. The van der Waals surface area contributed by atoms with Gasteiger partial charge in [0, 0.05) is 29.3 Å². The summed E-state index contributed by atoms with van der Waals surface area (Å²) in [6.45, 7) is 13.0. The van der Waals surface area contributed by atoms with Crippen LogP contribution in [0.25, 0.3) is 0 Å². The normalized spacial score (nSPS) is 9.41. The van der Waals surface area contributed by atoms with Crippen LogP contribution in [-0.2, 0) is 11.2 Å². The average Bonchev–Trinajstić information content (AvgIpc) is 2.47. The van der Waals surface area contributed by atoms with E-state index in [-0.39, 0.29) is 18.0 Å². The minimum Gasteiger partial charge on any atom is -0.482 e. The van der Waals surface area contributed by atoms with Crippen LogP contribution in [0.2, 0.25) is 0 Å². The summed E-state index contributed by atoms with van der Waals surface area (Å²) < 4.78 is 10.8. The molecule has 0 amide bonds. The Morgan fingerprint density at radius 2 is 1.91 bits per heavy atom. The van der Waals surface area contributed by atoms with Crippen molar-refractivity contribution in [3.8, 4) is 5.75 Å². The van der Waals surface area contributed by atoms with Gasteiger partial charge in [0.2, 0.25) is 5.75 Å². The molecule has 0 fully saturated rings. The third kappa shape index (κ3) is 7.38. The number of allylic oxidation sites excluding steroid dienone is 1. The van der Waals surface area contributed by atoms with Crippen LogP contribution in [-0.4, -0.2) is 24.7 Å². The summed E-state index contributed by atoms with van der Waals surface area (Å²) in [6, 6.07) is 3.21. The van der Waals surface area contributed by atoms with E-state index in [0.29, 0.717) is 10.9 Å². The lowest BCUT2D eigenvalue weighted by atomic mass is 10.1. The molecular formula is C16H22BrNO4. The predicted molar refractivity (Wildman–Crippen MR) is 92.6 cm³/mol. The monoisotopic (exact) mass is 371 g/mol. The zero-order chi connectivity index (χ0) is 17.0. The van der Waals surface area contributed by atoms with Crippen molar-refractivity contribution in [2.75, 3.05) is 19.8 Å². The molecule has 1 aromatic rings. The van der Waals surface area contributed by atoms with Crippen molar-refractivity contribution < 1.29 is 14.4 Å². The Morgan fingerprint density at radius 1 is 1.27 bits per heavy atom. The maximum Gasteiger partial charge on any atom is 0.312 e. The SMILES string of the molecule is C=CCOc1c(CC=C)cc(Br)cc1[N+](=O)[O-].CCOCC. The van der Waals surface area contributed by atoms with E-state index in [1.165, 1.54) is 6.07 Å². The largest absolute Gasteiger partial charge is 0.482 e. The molecule has 0 aliphatic rings. The van der Waals surface area contributed by atoms with Crippen LogP contribution in [0.1, 0.15) is 19.4 Å². The number of benzene rings is 1. The second kappa shape index (κ2) is 11.9. The van der Waals surface area contributed by atoms with Crippen LogP contribution in [0.5, 0.6) is 5.75 Å². The number of hydrogen-bond donors (Lipinski definition) is 0. The standard InChI is InChI=1S/C12H12BrNO3.C4H10O/c1-3-5-9-7-10(13)8-11(14(15)16)12(9)17-6-4-2;1-3-5-4-2/h3-4,7-8H,1-2,5-6H2;3-4H2,1-2H3. The highest BCUT2D eigenvalue weighted by atomic mass is 79.9. The van der Waals surface area contributed by atoms with Crippen LogP contribution in [0.15, 0.2) is 41.9 Å². The highest BCUT2D eigenvalue weighted by Gasteiger charge is 2.19. The van der Waals surface area contributed by atoms with Crippen LogP contribution in [0.4, 0.5) is 5.69 Å². The topological polar surface area (TPSA) is 61.6 Å². The van der Waals surface area contributed by atoms with E-state index in [2.05, 4.69) is 29.1 Å². The van der Waals surface area contributed by atoms with E-state index in [4.69, 9.17) is 9.47 Å². The van der Waals surface area contributed by atoms with E-state index < -0.39 is 4.92 Å². The van der Waals surface area contributed by atoms with Crippen molar-refractivity contribution in [3.63, 3.8) is 0 Å². The molecule has 0 N–H and O–H groups in total. The maximum atomic E-state index is 10.9. The number of nitrogens with zero attached hydrogens (tertiary/aromatic N) is 1. The van der Waals surface area contributed by atoms with Gasteiger partial charge in [-0.25, -0.2) is 0 Å². The van der Waals surface area contributed by atoms with Gasteiger partial charge in [0.1, 0.15) is 6.61 Å². The first-order valence-electron chi connectivity index (χ1n) is 6.90. The van der Waals surface area contributed by atoms with Gasteiger partial charge < -0.3 is 9.47 Å². The number of hydrogen-bond acceptors (Lipinski definition) is 4. The summed E-state index contributed by atoms with van der Waals surface area (Å²) in [5, 5.41) is 10.9. The van der Waals surface area contributed by atoms with E-state index in [1.807, 2.05) is 13.8 Å². The van der Waals surface area contributed by atoms with Crippen LogP contribution in [0, 0.1) is 10.1 Å². The Bertz CT molecular complexity index is 501. The minimum atomic E-state index is -0.463. The zero-order valence-electron chi connectivity index (χ0n) is 13.0. The Kier molecular flexibility index (Phi) is 11.0. The number of halogens is 1. The molecule has 0 aliphatic carbocycles. The van der Waals surface area contributed by atoms with Gasteiger partial charge in [0.25, 0.3) is 0 Å². The third-order valence-corrected chi connectivity index (χ3v) is 2.88. The molecule has 122 valence electrons. The zero-order valence-corrected chi connectivity index (χ0v) is 14.6. The van der Waals surface area contributed by atoms with E-state index >= 15 is 0 Å². The minimum absolute atomic E-state index is 0.0573. The lowest BCUT2D eigenvalue weighted by molar-refractivity contribution is -0.385. The summed E-state index contributed by atoms with van der Waals surface area (Å²) in [5.41, 5.74) is 0.668. The fourth-order valence-corrected chi connectivity index (χ4v) is 2.08. The van der Waals surface area contributed by atoms with E-state index in [1.54, 1.807) is 18.2 Å². The fraction of sp³-hybridized carbons (Fsp3) is 0.375. The van der Waals surface area contributed by atoms with Crippen molar-refractivity contribution in [2.24, 2.45) is 0 Å². The molecular weight excluding hydrogens is 350 g/mol. The summed E-state index contributed by atoms with van der Waals surface area (Å²) in [6.07, 6.45) is 3.72. The highest BCUT2D eigenvalue weighted by molar-refractivity contribution is 9.10. The maximum absolute atomic E-state index is 10.9. The molecule has 0 heterocycles. The fourth-order valence-electron chi connectivity index (χ4n) is 1.59. The number of rotatable bonds is 8. The Balaban J connectivity index is 0.000000763. The molecule has 0 saturated carbocycles. The molecule has 0 saturated heterocycles. The van der Waals surface area contributed by atoms with Crippen molar-refractivity contribution in [1.29, 1.82) is 0 Å². The number of nitro benzene ring substituents is 1. The quantitative estimate of drug-likeness (QED) is 0.377. The average molecular weight is 372 g/mol. The molecule has 0 aliphatic heterocycles. The summed E-state index contributed by atoms with van der Waals surface area (Å²) >= 11 is 3.24. The van der Waals surface area contributed by atoms with Crippen LogP contribution in [0.3, 0.4) is 0 Å². The molecule has 0 spiro atoms. The van der Waals surface area contributed by atoms with Gasteiger partial charge >= 0.3 is 5.69 Å². The first-order valence-corrected chi connectivity index (χ1v) is 7.70. The first kappa shape index (κ1) is 20.3. The van der Waals surface area contributed by atoms with Crippen molar-refractivity contribution in [3.05, 3.63) is 57.6 Å². The van der Waals surface area contributed by atoms with Gasteiger partial charge in [-0.2, -0.15) is 0 Å². The molecule has 0 aromatic heterocycles. The van der Waals surface area contributed by atoms with Crippen LogP contribution >= 0.6 is 15.9 Å². The molecule has 5 nitrogen and oxygen atoms in total. The van der Waals surface area contributed by atoms with Crippen molar-refractivity contribution in [2.45, 2.75) is 20.3 Å². The van der Waals surface area contributed by atoms with Crippen molar-refractivity contribution >= 4 is 21.6 Å². The van der Waals surface area contributed by atoms with Crippen LogP contribution < -0.4 is 4.74 Å². The molecule has 0 radical (unpaired) electrons. The molecule has 0 unspecified atom stereocenters. The smallest absolute Gasteiger partial charge is 0.312 e. The molecule has 1 rings (SSSR count). The highest BCUT2D eigenvalue weighted by Crippen LogP contribution is 2.35. The third-order valence-electron chi connectivity index (χ3n) is 2.43. The first-order chi connectivity index (χ1) is 10.5. The Labute approximate surface area is 139 Å². The van der Waals surface area contributed by atoms with Gasteiger partial charge in [-0.1, -0.05) is 34.7 Å². The molecule has 0 bridgehead atoms. The molecule has 6 heteroatoms. The Morgan fingerprint density at radius 3 is 2.32 bits per heavy atom. The molecule has 0 atom stereocenters. The number of ether oxygens (including phenoxy) is 2. The molecule has 1 aromatic carbocycles.